The van der Waals surface area contributed by atoms with Crippen LogP contribution >= 0.6 is 0 Å². The number of nitrogens with zero attached hydrogens (tertiary/aromatic N) is 2. The minimum absolute atomic E-state index is 0.0373. The molecule has 0 bridgehead atoms. The van der Waals surface area contributed by atoms with Crippen LogP contribution in [0.1, 0.15) is 29.0 Å². The summed E-state index contributed by atoms with van der Waals surface area (Å²) < 4.78 is 16.4. The van der Waals surface area contributed by atoms with E-state index in [9.17, 15) is 4.79 Å². The van der Waals surface area contributed by atoms with Gasteiger partial charge in [-0.25, -0.2) is 0 Å². The first-order valence-electron chi connectivity index (χ1n) is 13.1. The van der Waals surface area contributed by atoms with Crippen molar-refractivity contribution in [1.29, 1.82) is 0 Å². The normalized spacial score (nSPS) is 22.5. The van der Waals surface area contributed by atoms with Crippen molar-refractivity contribution in [3.63, 3.8) is 0 Å². The summed E-state index contributed by atoms with van der Waals surface area (Å²) in [4.78, 5) is 15.6. The molecule has 2 fully saturated rings. The number of hydrogen-bond acceptors (Lipinski definition) is 6. The molecule has 8 nitrogen and oxygen atoms in total. The minimum Gasteiger partial charge on any atom is -0.493 e. The van der Waals surface area contributed by atoms with Gasteiger partial charge in [0.1, 0.15) is 0 Å². The molecule has 1 aliphatic carbocycles. The van der Waals surface area contributed by atoms with Crippen molar-refractivity contribution in [3.8, 4) is 22.8 Å². The molecule has 3 heterocycles. The van der Waals surface area contributed by atoms with E-state index in [1.54, 1.807) is 14.2 Å². The van der Waals surface area contributed by atoms with Crippen molar-refractivity contribution < 1.29 is 19.0 Å². The van der Waals surface area contributed by atoms with Crippen LogP contribution in [0.2, 0.25) is 0 Å². The molecule has 3 aromatic carbocycles. The molecule has 1 amide bonds. The largest absolute Gasteiger partial charge is 0.493 e. The quantitative estimate of drug-likeness (QED) is 0.398. The van der Waals surface area contributed by atoms with E-state index in [4.69, 9.17) is 14.2 Å². The fourth-order valence-corrected chi connectivity index (χ4v) is 6.23. The van der Waals surface area contributed by atoms with Gasteiger partial charge in [-0.15, -0.1) is 0 Å². The molecule has 7 rings (SSSR count). The van der Waals surface area contributed by atoms with E-state index in [0.29, 0.717) is 11.5 Å². The van der Waals surface area contributed by atoms with Crippen LogP contribution in [-0.2, 0) is 21.5 Å². The van der Waals surface area contributed by atoms with Gasteiger partial charge in [0, 0.05) is 48.3 Å². The van der Waals surface area contributed by atoms with Gasteiger partial charge in [0.15, 0.2) is 11.5 Å². The monoisotopic (exact) mass is 510 g/mol. The van der Waals surface area contributed by atoms with E-state index >= 15 is 0 Å². The number of anilines is 1. The number of hydrogen-bond donors (Lipinski definition) is 2. The number of fused-ring (bicyclic) bond motifs is 3. The van der Waals surface area contributed by atoms with E-state index < -0.39 is 5.41 Å². The number of aromatic nitrogens is 2. The van der Waals surface area contributed by atoms with Crippen LogP contribution in [0.15, 0.2) is 54.6 Å². The third-order valence-corrected chi connectivity index (χ3v) is 8.32. The van der Waals surface area contributed by atoms with Gasteiger partial charge in [0.2, 0.25) is 5.91 Å². The number of ether oxygens (including phenoxy) is 3. The highest BCUT2D eigenvalue weighted by Crippen LogP contribution is 2.66. The maximum Gasteiger partial charge on any atom is 0.235 e. The van der Waals surface area contributed by atoms with Crippen molar-refractivity contribution >= 4 is 22.5 Å². The lowest BCUT2D eigenvalue weighted by atomic mass is 9.91. The Hall–Kier alpha value is -3.88. The molecular formula is C30H30N4O4. The number of methoxy groups -OCH3 is 2. The van der Waals surface area contributed by atoms with Crippen molar-refractivity contribution in [2.24, 2.45) is 0 Å². The van der Waals surface area contributed by atoms with Crippen molar-refractivity contribution in [1.82, 2.24) is 15.1 Å². The zero-order valence-corrected chi connectivity index (χ0v) is 21.5. The molecule has 2 unspecified atom stereocenters. The Labute approximate surface area is 220 Å². The van der Waals surface area contributed by atoms with E-state index in [0.717, 1.165) is 78.2 Å². The van der Waals surface area contributed by atoms with Gasteiger partial charge < -0.3 is 19.5 Å². The summed E-state index contributed by atoms with van der Waals surface area (Å²) in [5.41, 5.74) is 6.64. The van der Waals surface area contributed by atoms with Crippen LogP contribution in [0.3, 0.4) is 0 Å². The molecule has 8 heteroatoms. The molecule has 1 aromatic heterocycles. The Bertz CT molecular complexity index is 1560. The van der Waals surface area contributed by atoms with Crippen molar-refractivity contribution in [3.05, 3.63) is 71.3 Å². The summed E-state index contributed by atoms with van der Waals surface area (Å²) in [6.45, 7) is 4.42. The number of carbonyl (C=O) groups is 1. The SMILES string of the molecule is COc1cc2c(cc1OC)C1(CC1c1ccc3c(-c4cccc(CN5CCOCC5)c4)n[nH]c3c1)C(=O)N2. The fraction of sp³-hybridized carbons (Fsp3) is 0.333. The smallest absolute Gasteiger partial charge is 0.235 e. The van der Waals surface area contributed by atoms with E-state index in [2.05, 4.69) is 62.9 Å². The molecule has 1 saturated carbocycles. The van der Waals surface area contributed by atoms with Gasteiger partial charge in [-0.05, 0) is 41.3 Å². The average Bonchev–Trinajstić information content (AvgIpc) is 3.47. The minimum atomic E-state index is -0.570. The van der Waals surface area contributed by atoms with Gasteiger partial charge in [-0.2, -0.15) is 5.10 Å². The lowest BCUT2D eigenvalue weighted by Crippen LogP contribution is -2.35. The average molecular weight is 511 g/mol. The van der Waals surface area contributed by atoms with E-state index in [-0.39, 0.29) is 11.8 Å². The summed E-state index contributed by atoms with van der Waals surface area (Å²) >= 11 is 0. The van der Waals surface area contributed by atoms with Gasteiger partial charge in [-0.1, -0.05) is 30.3 Å². The highest BCUT2D eigenvalue weighted by Gasteiger charge is 2.65. The van der Waals surface area contributed by atoms with Crippen LogP contribution in [0.5, 0.6) is 11.5 Å². The summed E-state index contributed by atoms with van der Waals surface area (Å²) in [5.74, 6) is 1.38. The first-order chi connectivity index (χ1) is 18.6. The molecule has 3 aliphatic rings. The van der Waals surface area contributed by atoms with Crippen LogP contribution in [0.4, 0.5) is 5.69 Å². The molecule has 1 spiro atoms. The van der Waals surface area contributed by atoms with Gasteiger partial charge in [0.25, 0.3) is 0 Å². The molecule has 194 valence electrons. The van der Waals surface area contributed by atoms with Gasteiger partial charge in [0.05, 0.1) is 44.1 Å². The number of rotatable bonds is 6. The Morgan fingerprint density at radius 1 is 1.05 bits per heavy atom. The Balaban J connectivity index is 1.18. The molecular weight excluding hydrogens is 480 g/mol. The number of nitrogens with one attached hydrogen (secondary N) is 2. The Morgan fingerprint density at radius 2 is 1.87 bits per heavy atom. The first kappa shape index (κ1) is 23.3. The number of H-pyrrole nitrogens is 1. The second-order valence-corrected chi connectivity index (χ2v) is 10.4. The predicted octanol–water partition coefficient (Wildman–Crippen LogP) is 4.46. The molecule has 1 saturated heterocycles. The standard InChI is InChI=1S/C30H30N4O4/c1-36-26-14-22-25(15-27(26)37-2)31-29(35)30(22)16-23(30)19-6-7-21-24(13-19)32-33-28(21)20-5-3-4-18(12-20)17-34-8-10-38-11-9-34/h3-7,12-15,23H,8-11,16-17H2,1-2H3,(H,31,35)(H,32,33). The number of benzene rings is 3. The number of aromatic amines is 1. The summed E-state index contributed by atoms with van der Waals surface area (Å²) in [6.07, 6.45) is 0.761. The maximum atomic E-state index is 13.2. The lowest BCUT2D eigenvalue weighted by molar-refractivity contribution is -0.118. The Morgan fingerprint density at radius 3 is 2.68 bits per heavy atom. The second-order valence-electron chi connectivity index (χ2n) is 10.4. The van der Waals surface area contributed by atoms with E-state index in [1.165, 1.54) is 5.56 Å². The van der Waals surface area contributed by atoms with Crippen LogP contribution in [-0.4, -0.2) is 61.5 Å². The summed E-state index contributed by atoms with van der Waals surface area (Å²) in [7, 11) is 3.22. The van der Waals surface area contributed by atoms with Crippen LogP contribution in [0.25, 0.3) is 22.2 Å². The highest BCUT2D eigenvalue weighted by atomic mass is 16.5. The summed E-state index contributed by atoms with van der Waals surface area (Å²) in [5, 5.41) is 12.1. The number of morpholine rings is 1. The molecule has 2 atom stereocenters. The second kappa shape index (κ2) is 8.85. The highest BCUT2D eigenvalue weighted by molar-refractivity contribution is 6.10. The zero-order valence-electron chi connectivity index (χ0n) is 21.5. The first-order valence-corrected chi connectivity index (χ1v) is 13.1. The Kier molecular flexibility index (Phi) is 5.42. The molecule has 2 aliphatic heterocycles. The molecule has 4 aromatic rings. The zero-order chi connectivity index (χ0) is 25.9. The van der Waals surface area contributed by atoms with Crippen LogP contribution < -0.4 is 14.8 Å². The topological polar surface area (TPSA) is 88.7 Å². The predicted molar refractivity (Wildman–Crippen MR) is 145 cm³/mol. The third-order valence-electron chi connectivity index (χ3n) is 8.32. The third kappa shape index (κ3) is 3.59. The molecule has 38 heavy (non-hydrogen) atoms. The van der Waals surface area contributed by atoms with Crippen molar-refractivity contribution in [2.45, 2.75) is 24.3 Å². The summed E-state index contributed by atoms with van der Waals surface area (Å²) in [6, 6.07) is 18.9. The van der Waals surface area contributed by atoms with Gasteiger partial charge in [-0.3, -0.25) is 14.8 Å². The molecule has 0 radical (unpaired) electrons. The van der Waals surface area contributed by atoms with Crippen LogP contribution in [0, 0.1) is 0 Å². The fourth-order valence-electron chi connectivity index (χ4n) is 6.23. The number of amides is 1. The maximum absolute atomic E-state index is 13.2. The lowest BCUT2D eigenvalue weighted by Gasteiger charge is -2.26. The van der Waals surface area contributed by atoms with E-state index in [1.807, 2.05) is 12.1 Å². The van der Waals surface area contributed by atoms with Gasteiger partial charge >= 0.3 is 0 Å². The number of carbonyl (C=O) groups excluding carboxylic acids is 1. The molecule has 2 N–H and O–H groups in total. The van der Waals surface area contributed by atoms with Crippen molar-refractivity contribution in [2.75, 3.05) is 45.8 Å².